The predicted molar refractivity (Wildman–Crippen MR) is 65.8 cm³/mol. The summed E-state index contributed by atoms with van der Waals surface area (Å²) in [5, 5.41) is 9.90. The van der Waals surface area contributed by atoms with Crippen LogP contribution in [0.1, 0.15) is 5.56 Å². The van der Waals surface area contributed by atoms with Crippen molar-refractivity contribution in [1.82, 2.24) is 10.2 Å². The van der Waals surface area contributed by atoms with E-state index in [1.54, 1.807) is 13.1 Å². The van der Waals surface area contributed by atoms with Crippen LogP contribution in [0.2, 0.25) is 0 Å². The minimum absolute atomic E-state index is 0.105. The number of benzene rings is 1. The van der Waals surface area contributed by atoms with Crippen molar-refractivity contribution >= 4 is 33.9 Å². The second-order valence-corrected chi connectivity index (χ2v) is 4.36. The normalized spacial score (nSPS) is 18.1. The van der Waals surface area contributed by atoms with Crippen LogP contribution >= 0.6 is 15.9 Å². The molecule has 1 saturated heterocycles. The third-order valence-corrected chi connectivity index (χ3v) is 2.86. The topological polar surface area (TPSA) is 56.2 Å². The first-order valence-electron chi connectivity index (χ1n) is 4.69. The Kier molecular flexibility index (Phi) is 2.78. The number of halogens is 1. The largest absolute Gasteiger partial charge is 0.311 e. The van der Waals surface area contributed by atoms with Crippen molar-refractivity contribution in [3.63, 3.8) is 0 Å². The molecule has 0 aromatic heterocycles. The average Bonchev–Trinajstić information content (AvgIpc) is 2.48. The maximum atomic E-state index is 11.5. The highest BCUT2D eigenvalue weighted by molar-refractivity contribution is 9.10. The number of guanidine groups is 1. The molecule has 0 unspecified atom stereocenters. The van der Waals surface area contributed by atoms with Gasteiger partial charge in [-0.05, 0) is 23.8 Å². The third kappa shape index (κ3) is 1.99. The van der Waals surface area contributed by atoms with Gasteiger partial charge >= 0.3 is 0 Å². The maximum Gasteiger partial charge on any atom is 0.274 e. The Hall–Kier alpha value is -1.62. The highest BCUT2D eigenvalue weighted by Gasteiger charge is 2.26. The minimum atomic E-state index is -0.240. The molecule has 0 radical (unpaired) electrons. The molecule has 82 valence electrons. The van der Waals surface area contributed by atoms with Crippen LogP contribution in [0.15, 0.2) is 34.4 Å². The molecule has 1 aromatic carbocycles. The molecule has 1 aromatic rings. The number of likely N-dealkylation sites (N-methyl/N-ethyl adjacent to an activating group) is 1. The van der Waals surface area contributed by atoms with Crippen molar-refractivity contribution in [3.05, 3.63) is 40.0 Å². The van der Waals surface area contributed by atoms with Crippen LogP contribution in [0, 0.1) is 5.41 Å². The lowest BCUT2D eigenvalue weighted by molar-refractivity contribution is -0.115. The van der Waals surface area contributed by atoms with Gasteiger partial charge in [0.1, 0.15) is 5.70 Å². The molecule has 1 aliphatic heterocycles. The Bertz CT molecular complexity index is 479. The van der Waals surface area contributed by atoms with E-state index in [2.05, 4.69) is 21.2 Å². The molecule has 2 rings (SSSR count). The first-order chi connectivity index (χ1) is 7.58. The van der Waals surface area contributed by atoms with E-state index in [9.17, 15) is 4.79 Å². The molecule has 1 fully saturated rings. The van der Waals surface area contributed by atoms with Crippen molar-refractivity contribution in [3.8, 4) is 0 Å². The van der Waals surface area contributed by atoms with Crippen LogP contribution < -0.4 is 5.32 Å². The fourth-order valence-corrected chi connectivity index (χ4v) is 1.67. The van der Waals surface area contributed by atoms with Crippen molar-refractivity contribution in [1.29, 1.82) is 5.41 Å². The summed E-state index contributed by atoms with van der Waals surface area (Å²) in [6.45, 7) is 0. The summed E-state index contributed by atoms with van der Waals surface area (Å²) >= 11 is 3.35. The number of amides is 1. The molecular formula is C11H10BrN3O. The van der Waals surface area contributed by atoms with Gasteiger partial charge in [-0.3, -0.25) is 15.5 Å². The Morgan fingerprint density at radius 2 is 2.00 bits per heavy atom. The van der Waals surface area contributed by atoms with Gasteiger partial charge in [0.05, 0.1) is 0 Å². The average molecular weight is 280 g/mol. The summed E-state index contributed by atoms with van der Waals surface area (Å²) in [5.41, 5.74) is 1.40. The molecule has 0 atom stereocenters. The van der Waals surface area contributed by atoms with Gasteiger partial charge < -0.3 is 4.90 Å². The monoisotopic (exact) mass is 279 g/mol. The van der Waals surface area contributed by atoms with E-state index < -0.39 is 0 Å². The number of carbonyl (C=O) groups excluding carboxylic acids is 1. The first-order valence-corrected chi connectivity index (χ1v) is 5.48. The number of hydrogen-bond donors (Lipinski definition) is 2. The molecule has 0 saturated carbocycles. The van der Waals surface area contributed by atoms with Gasteiger partial charge in [0.15, 0.2) is 0 Å². The summed E-state index contributed by atoms with van der Waals surface area (Å²) in [4.78, 5) is 13.0. The number of carbonyl (C=O) groups is 1. The summed E-state index contributed by atoms with van der Waals surface area (Å²) < 4.78 is 0.992. The molecule has 1 heterocycles. The molecular weight excluding hydrogens is 270 g/mol. The molecule has 1 amide bonds. The molecule has 0 aliphatic carbocycles. The molecule has 4 nitrogen and oxygen atoms in total. The van der Waals surface area contributed by atoms with Gasteiger partial charge in [-0.1, -0.05) is 28.1 Å². The highest BCUT2D eigenvalue weighted by Crippen LogP contribution is 2.16. The van der Waals surface area contributed by atoms with Crippen molar-refractivity contribution < 1.29 is 4.79 Å². The van der Waals surface area contributed by atoms with Gasteiger partial charge in [0, 0.05) is 11.5 Å². The second-order valence-electron chi connectivity index (χ2n) is 3.44. The standard InChI is InChI=1S/C11H10BrN3O/c1-15-9(10(16)14-11(15)13)6-7-2-4-8(12)5-3-7/h2-6H,1H3,(H2,13,14,16)/b9-6+. The zero-order chi connectivity index (χ0) is 11.7. The molecule has 5 heteroatoms. The molecule has 0 bridgehead atoms. The van der Waals surface area contributed by atoms with Crippen LogP contribution in [-0.2, 0) is 4.79 Å². The van der Waals surface area contributed by atoms with Gasteiger partial charge in [-0.2, -0.15) is 0 Å². The van der Waals surface area contributed by atoms with Crippen molar-refractivity contribution in [2.75, 3.05) is 7.05 Å². The Morgan fingerprint density at radius 1 is 1.38 bits per heavy atom. The zero-order valence-corrected chi connectivity index (χ0v) is 10.2. The van der Waals surface area contributed by atoms with E-state index in [1.807, 2.05) is 24.3 Å². The fourth-order valence-electron chi connectivity index (χ4n) is 1.41. The summed E-state index contributed by atoms with van der Waals surface area (Å²) in [7, 11) is 1.69. The van der Waals surface area contributed by atoms with E-state index in [1.165, 1.54) is 4.90 Å². The van der Waals surface area contributed by atoms with Crippen molar-refractivity contribution in [2.24, 2.45) is 0 Å². The summed E-state index contributed by atoms with van der Waals surface area (Å²) in [6, 6.07) is 7.62. The lowest BCUT2D eigenvalue weighted by atomic mass is 10.2. The molecule has 1 aliphatic rings. The maximum absolute atomic E-state index is 11.5. The summed E-state index contributed by atoms with van der Waals surface area (Å²) in [5.74, 6) is -0.135. The van der Waals surface area contributed by atoms with E-state index in [-0.39, 0.29) is 11.9 Å². The van der Waals surface area contributed by atoms with Crippen LogP contribution in [0.3, 0.4) is 0 Å². The minimum Gasteiger partial charge on any atom is -0.311 e. The van der Waals surface area contributed by atoms with Crippen LogP contribution in [0.5, 0.6) is 0 Å². The van der Waals surface area contributed by atoms with Gasteiger partial charge in [0.2, 0.25) is 5.96 Å². The lowest BCUT2D eigenvalue weighted by Gasteiger charge is -2.08. The van der Waals surface area contributed by atoms with E-state index in [0.717, 1.165) is 10.0 Å². The quantitative estimate of drug-likeness (QED) is 0.770. The number of nitrogens with zero attached hydrogens (tertiary/aromatic N) is 1. The number of hydrogen-bond acceptors (Lipinski definition) is 2. The highest BCUT2D eigenvalue weighted by atomic mass is 79.9. The molecule has 0 spiro atoms. The fraction of sp³-hybridized carbons (Fsp3) is 0.0909. The third-order valence-electron chi connectivity index (χ3n) is 2.33. The lowest BCUT2D eigenvalue weighted by Crippen LogP contribution is -2.25. The summed E-state index contributed by atoms with van der Waals surface area (Å²) in [6.07, 6.45) is 1.75. The smallest absolute Gasteiger partial charge is 0.274 e. The van der Waals surface area contributed by atoms with E-state index >= 15 is 0 Å². The van der Waals surface area contributed by atoms with Crippen LogP contribution in [0.25, 0.3) is 6.08 Å². The van der Waals surface area contributed by atoms with E-state index in [0.29, 0.717) is 5.70 Å². The zero-order valence-electron chi connectivity index (χ0n) is 8.62. The van der Waals surface area contributed by atoms with E-state index in [4.69, 9.17) is 5.41 Å². The molecule has 2 N–H and O–H groups in total. The molecule has 16 heavy (non-hydrogen) atoms. The van der Waals surface area contributed by atoms with Gasteiger partial charge in [-0.25, -0.2) is 0 Å². The SMILES string of the molecule is CN1C(=N)NC(=O)/C1=C\c1ccc(Br)cc1. The van der Waals surface area contributed by atoms with Gasteiger partial charge in [0.25, 0.3) is 5.91 Å². The Balaban J connectivity index is 2.34. The number of nitrogens with one attached hydrogen (secondary N) is 2. The van der Waals surface area contributed by atoms with Crippen LogP contribution in [-0.4, -0.2) is 23.8 Å². The second kappa shape index (κ2) is 4.09. The Morgan fingerprint density at radius 3 is 2.50 bits per heavy atom. The Labute approximate surface area is 102 Å². The van der Waals surface area contributed by atoms with Crippen LogP contribution in [0.4, 0.5) is 0 Å². The van der Waals surface area contributed by atoms with Crippen molar-refractivity contribution in [2.45, 2.75) is 0 Å². The first kappa shape index (κ1) is 10.9. The number of rotatable bonds is 1. The predicted octanol–water partition coefficient (Wildman–Crippen LogP) is 1.79. The van der Waals surface area contributed by atoms with Gasteiger partial charge in [-0.15, -0.1) is 0 Å².